The summed E-state index contributed by atoms with van der Waals surface area (Å²) in [4.78, 5) is 17.1. The lowest BCUT2D eigenvalue weighted by molar-refractivity contribution is 0.0627. The quantitative estimate of drug-likeness (QED) is 0.720. The monoisotopic (exact) mass is 436 g/mol. The van der Waals surface area contributed by atoms with E-state index >= 15 is 0 Å². The highest BCUT2D eigenvalue weighted by molar-refractivity contribution is 7.90. The number of ether oxygens (including phenoxy) is 1. The number of amides is 1. The van der Waals surface area contributed by atoms with Gasteiger partial charge in [-0.25, -0.2) is 8.42 Å². The molecular weight excluding hydrogens is 412 g/mol. The van der Waals surface area contributed by atoms with Gasteiger partial charge in [-0.15, -0.1) is 0 Å². The second-order valence-electron chi connectivity index (χ2n) is 7.28. The number of rotatable bonds is 5. The summed E-state index contributed by atoms with van der Waals surface area (Å²) in [5, 5.41) is 0.663. The summed E-state index contributed by atoms with van der Waals surface area (Å²) in [7, 11) is -1.74. The zero-order valence-corrected chi connectivity index (χ0v) is 18.4. The topological polar surface area (TPSA) is 66.9 Å². The lowest BCUT2D eigenvalue weighted by Gasteiger charge is -2.35. The molecule has 2 aromatic carbocycles. The first-order valence-electron chi connectivity index (χ1n) is 9.34. The van der Waals surface area contributed by atoms with Crippen LogP contribution in [0.2, 0.25) is 5.02 Å². The molecule has 0 atom stereocenters. The van der Waals surface area contributed by atoms with Gasteiger partial charge >= 0.3 is 0 Å². The number of carbonyl (C=O) groups is 1. The molecule has 1 fully saturated rings. The van der Waals surface area contributed by atoms with Gasteiger partial charge in [0.25, 0.3) is 5.91 Å². The SMILES string of the molecule is COc1ccc(Cl)cc1CN1CCN(C(=O)c2ccc(C)c(S(C)(=O)=O)c2)CC1. The summed E-state index contributed by atoms with van der Waals surface area (Å²) in [6, 6.07) is 10.4. The molecule has 0 saturated carbocycles. The van der Waals surface area contributed by atoms with Crippen LogP contribution >= 0.6 is 11.6 Å². The first kappa shape index (κ1) is 21.6. The largest absolute Gasteiger partial charge is 0.496 e. The van der Waals surface area contributed by atoms with Crippen LogP contribution in [-0.4, -0.2) is 63.7 Å². The van der Waals surface area contributed by atoms with Crippen molar-refractivity contribution in [2.45, 2.75) is 18.4 Å². The molecule has 1 amide bonds. The minimum absolute atomic E-state index is 0.144. The number of halogens is 1. The molecule has 1 aliphatic rings. The molecule has 0 unspecified atom stereocenters. The van der Waals surface area contributed by atoms with Crippen LogP contribution in [0.15, 0.2) is 41.3 Å². The summed E-state index contributed by atoms with van der Waals surface area (Å²) >= 11 is 6.11. The molecule has 1 saturated heterocycles. The molecule has 0 bridgehead atoms. The zero-order chi connectivity index (χ0) is 21.2. The molecule has 2 aromatic rings. The second-order valence-corrected chi connectivity index (χ2v) is 9.70. The molecule has 8 heteroatoms. The van der Waals surface area contributed by atoms with Crippen LogP contribution < -0.4 is 4.74 Å². The highest BCUT2D eigenvalue weighted by atomic mass is 35.5. The Bertz CT molecular complexity index is 1020. The van der Waals surface area contributed by atoms with Crippen molar-refractivity contribution in [2.75, 3.05) is 39.5 Å². The maximum absolute atomic E-state index is 12.9. The lowest BCUT2D eigenvalue weighted by Crippen LogP contribution is -2.48. The third-order valence-corrected chi connectivity index (χ3v) is 6.60. The van der Waals surface area contributed by atoms with Gasteiger partial charge in [0.1, 0.15) is 5.75 Å². The maximum Gasteiger partial charge on any atom is 0.253 e. The molecule has 156 valence electrons. The van der Waals surface area contributed by atoms with Crippen LogP contribution in [0.4, 0.5) is 0 Å². The summed E-state index contributed by atoms with van der Waals surface area (Å²) in [5.74, 6) is 0.649. The van der Waals surface area contributed by atoms with Crippen LogP contribution in [0.3, 0.4) is 0 Å². The Hall–Kier alpha value is -2.09. The van der Waals surface area contributed by atoms with Crippen molar-refractivity contribution in [3.63, 3.8) is 0 Å². The summed E-state index contributed by atoms with van der Waals surface area (Å²) in [5.41, 5.74) is 2.06. The Morgan fingerprint density at radius 1 is 1.10 bits per heavy atom. The smallest absolute Gasteiger partial charge is 0.253 e. The van der Waals surface area contributed by atoms with E-state index in [4.69, 9.17) is 16.3 Å². The van der Waals surface area contributed by atoms with Gasteiger partial charge in [-0.3, -0.25) is 9.69 Å². The first-order valence-corrected chi connectivity index (χ1v) is 11.6. The molecule has 0 aromatic heterocycles. The summed E-state index contributed by atoms with van der Waals surface area (Å²) in [6.07, 6.45) is 1.16. The number of aryl methyl sites for hydroxylation is 1. The molecule has 3 rings (SSSR count). The highest BCUT2D eigenvalue weighted by Gasteiger charge is 2.24. The predicted octanol–water partition coefficient (Wildman–Crippen LogP) is 3.02. The van der Waals surface area contributed by atoms with Crippen LogP contribution in [0.5, 0.6) is 5.75 Å². The van der Waals surface area contributed by atoms with E-state index < -0.39 is 9.84 Å². The van der Waals surface area contributed by atoms with E-state index in [1.54, 1.807) is 37.1 Å². The van der Waals surface area contributed by atoms with E-state index in [1.165, 1.54) is 6.07 Å². The van der Waals surface area contributed by atoms with E-state index in [9.17, 15) is 13.2 Å². The average Bonchev–Trinajstić information content (AvgIpc) is 2.68. The van der Waals surface area contributed by atoms with Gasteiger partial charge in [-0.1, -0.05) is 17.7 Å². The summed E-state index contributed by atoms with van der Waals surface area (Å²) < 4.78 is 29.3. The van der Waals surface area contributed by atoms with Crippen molar-refractivity contribution >= 4 is 27.3 Å². The number of nitrogens with zero attached hydrogens (tertiary/aromatic N) is 2. The molecular formula is C21H25ClN2O4S. The van der Waals surface area contributed by atoms with Crippen molar-refractivity contribution in [3.8, 4) is 5.75 Å². The van der Waals surface area contributed by atoms with Crippen LogP contribution in [0.25, 0.3) is 0 Å². The molecule has 0 aliphatic carbocycles. The molecule has 1 heterocycles. The Labute approximate surface area is 176 Å². The molecule has 1 aliphatic heterocycles. The van der Waals surface area contributed by atoms with Crippen molar-refractivity contribution in [1.82, 2.24) is 9.80 Å². The fourth-order valence-electron chi connectivity index (χ4n) is 3.54. The number of methoxy groups -OCH3 is 1. The Morgan fingerprint density at radius 2 is 1.79 bits per heavy atom. The fourth-order valence-corrected chi connectivity index (χ4v) is 4.72. The number of sulfone groups is 1. The van der Waals surface area contributed by atoms with Gasteiger partial charge in [0, 0.05) is 55.1 Å². The standard InChI is InChI=1S/C21H25ClN2O4S/c1-15-4-5-16(13-20(15)29(3,26)27)21(25)24-10-8-23(9-11-24)14-17-12-18(22)6-7-19(17)28-2/h4-7,12-13H,8-11,14H2,1-3H3. The van der Waals surface area contributed by atoms with Crippen molar-refractivity contribution in [3.05, 3.63) is 58.1 Å². The van der Waals surface area contributed by atoms with Gasteiger partial charge in [0.15, 0.2) is 9.84 Å². The average molecular weight is 437 g/mol. The van der Waals surface area contributed by atoms with Crippen LogP contribution in [0.1, 0.15) is 21.5 Å². The number of piperazine rings is 1. The third-order valence-electron chi connectivity index (χ3n) is 5.13. The lowest BCUT2D eigenvalue weighted by atomic mass is 10.1. The van der Waals surface area contributed by atoms with Crippen LogP contribution in [-0.2, 0) is 16.4 Å². The fraction of sp³-hybridized carbons (Fsp3) is 0.381. The summed E-state index contributed by atoms with van der Waals surface area (Å²) in [6.45, 7) is 4.99. The maximum atomic E-state index is 12.9. The van der Waals surface area contributed by atoms with Crippen molar-refractivity contribution < 1.29 is 17.9 Å². The first-order chi connectivity index (χ1) is 13.7. The minimum Gasteiger partial charge on any atom is -0.496 e. The minimum atomic E-state index is -3.38. The Kier molecular flexibility index (Phi) is 6.51. The Balaban J connectivity index is 1.67. The zero-order valence-electron chi connectivity index (χ0n) is 16.8. The van der Waals surface area contributed by atoms with Crippen molar-refractivity contribution in [1.29, 1.82) is 0 Å². The van der Waals surface area contributed by atoms with E-state index in [0.717, 1.165) is 17.6 Å². The van der Waals surface area contributed by atoms with Crippen molar-refractivity contribution in [2.24, 2.45) is 0 Å². The normalized spacial score (nSPS) is 15.4. The van der Waals surface area contributed by atoms with E-state index in [1.807, 2.05) is 12.1 Å². The number of carbonyl (C=O) groups excluding carboxylic acids is 1. The molecule has 0 N–H and O–H groups in total. The van der Waals surface area contributed by atoms with Gasteiger partial charge in [0.05, 0.1) is 12.0 Å². The van der Waals surface area contributed by atoms with Gasteiger partial charge < -0.3 is 9.64 Å². The molecule has 0 radical (unpaired) electrons. The van der Waals surface area contributed by atoms with Gasteiger partial charge in [-0.05, 0) is 42.8 Å². The van der Waals surface area contributed by atoms with E-state index in [2.05, 4.69) is 4.90 Å². The molecule has 0 spiro atoms. The number of hydrogen-bond donors (Lipinski definition) is 0. The third kappa shape index (κ3) is 5.10. The molecule has 29 heavy (non-hydrogen) atoms. The number of hydrogen-bond acceptors (Lipinski definition) is 5. The number of benzene rings is 2. The van der Waals surface area contributed by atoms with E-state index in [-0.39, 0.29) is 10.8 Å². The highest BCUT2D eigenvalue weighted by Crippen LogP contribution is 2.25. The van der Waals surface area contributed by atoms with Gasteiger partial charge in [0.2, 0.25) is 0 Å². The second kappa shape index (κ2) is 8.73. The van der Waals surface area contributed by atoms with Gasteiger partial charge in [-0.2, -0.15) is 0 Å². The Morgan fingerprint density at radius 3 is 2.41 bits per heavy atom. The van der Waals surface area contributed by atoms with Crippen LogP contribution in [0, 0.1) is 6.92 Å². The van der Waals surface area contributed by atoms with E-state index in [0.29, 0.717) is 48.9 Å². The predicted molar refractivity (Wildman–Crippen MR) is 113 cm³/mol. The molecule has 6 nitrogen and oxygen atoms in total.